The first-order valence-corrected chi connectivity index (χ1v) is 10.4. The third kappa shape index (κ3) is 3.46. The van der Waals surface area contributed by atoms with Crippen LogP contribution in [0.3, 0.4) is 0 Å². The Morgan fingerprint density at radius 1 is 1.07 bits per heavy atom. The number of methoxy groups -OCH3 is 2. The molecule has 9 nitrogen and oxygen atoms in total. The predicted molar refractivity (Wildman–Crippen MR) is 108 cm³/mol. The van der Waals surface area contributed by atoms with Gasteiger partial charge in [-0.15, -0.1) is 0 Å². The van der Waals surface area contributed by atoms with E-state index in [0.717, 1.165) is 16.7 Å². The molecule has 0 spiro atoms. The lowest BCUT2D eigenvalue weighted by atomic mass is 9.96. The molecule has 4 rings (SSSR count). The van der Waals surface area contributed by atoms with E-state index in [9.17, 15) is 13.2 Å². The van der Waals surface area contributed by atoms with Crippen LogP contribution in [0.1, 0.15) is 11.1 Å². The van der Waals surface area contributed by atoms with Crippen LogP contribution in [-0.4, -0.2) is 43.7 Å². The quantitative estimate of drug-likeness (QED) is 0.657. The molecule has 0 radical (unpaired) electrons. The Kier molecular flexibility index (Phi) is 4.77. The first-order chi connectivity index (χ1) is 13.8. The minimum absolute atomic E-state index is 0.195. The molecule has 2 aromatic carbocycles. The fourth-order valence-corrected chi connectivity index (χ4v) is 4.27. The number of nitrogens with two attached hydrogens (primary N) is 1. The Morgan fingerprint density at radius 2 is 1.76 bits per heavy atom. The molecule has 0 fully saturated rings. The highest BCUT2D eigenvalue weighted by Gasteiger charge is 2.24. The van der Waals surface area contributed by atoms with Crippen LogP contribution in [0.5, 0.6) is 11.5 Å². The highest BCUT2D eigenvalue weighted by atomic mass is 32.2. The smallest absolute Gasteiger partial charge is 0.277 e. The SMILES string of the molecule is COc1cc2c(-c3ccc4c(c3)CN(S(N)(=O)=O)CC4)n[nH]c(=O)c2cc1OC. The number of nitrogens with zero attached hydrogens (tertiary/aromatic N) is 2. The molecule has 0 amide bonds. The van der Waals surface area contributed by atoms with Crippen molar-refractivity contribution in [2.24, 2.45) is 5.14 Å². The summed E-state index contributed by atoms with van der Waals surface area (Å²) in [6, 6.07) is 9.05. The van der Waals surface area contributed by atoms with E-state index in [-0.39, 0.29) is 12.1 Å². The third-order valence-corrected chi connectivity index (χ3v) is 6.14. The lowest BCUT2D eigenvalue weighted by molar-refractivity contribution is 0.356. The monoisotopic (exact) mass is 416 g/mol. The van der Waals surface area contributed by atoms with Gasteiger partial charge in [0.15, 0.2) is 11.5 Å². The normalized spacial score (nSPS) is 14.6. The fraction of sp³-hybridized carbons (Fsp3) is 0.263. The van der Waals surface area contributed by atoms with E-state index >= 15 is 0 Å². The van der Waals surface area contributed by atoms with Crippen molar-refractivity contribution >= 4 is 21.0 Å². The van der Waals surface area contributed by atoms with E-state index in [1.54, 1.807) is 12.1 Å². The van der Waals surface area contributed by atoms with E-state index in [2.05, 4.69) is 10.2 Å². The van der Waals surface area contributed by atoms with Crippen molar-refractivity contribution in [1.82, 2.24) is 14.5 Å². The number of nitrogens with one attached hydrogen (secondary N) is 1. The van der Waals surface area contributed by atoms with Gasteiger partial charge in [-0.3, -0.25) is 4.79 Å². The number of rotatable bonds is 4. The maximum atomic E-state index is 12.3. The Balaban J connectivity index is 1.88. The molecule has 0 bridgehead atoms. The van der Waals surface area contributed by atoms with E-state index in [1.807, 2.05) is 18.2 Å². The summed E-state index contributed by atoms with van der Waals surface area (Å²) >= 11 is 0. The van der Waals surface area contributed by atoms with Gasteiger partial charge in [-0.25, -0.2) is 10.2 Å². The van der Waals surface area contributed by atoms with Gasteiger partial charge in [0.1, 0.15) is 0 Å². The van der Waals surface area contributed by atoms with Gasteiger partial charge >= 0.3 is 0 Å². The molecule has 0 aliphatic carbocycles. The Bertz CT molecular complexity index is 1270. The van der Waals surface area contributed by atoms with Gasteiger partial charge in [0.05, 0.1) is 25.3 Å². The molecule has 0 unspecified atom stereocenters. The summed E-state index contributed by atoms with van der Waals surface area (Å²) in [5, 5.41) is 13.1. The zero-order valence-corrected chi connectivity index (χ0v) is 16.7. The summed E-state index contributed by atoms with van der Waals surface area (Å²) in [7, 11) is -0.744. The molecule has 0 atom stereocenters. The van der Waals surface area contributed by atoms with Crippen LogP contribution >= 0.6 is 0 Å². The molecule has 3 aromatic rings. The molecule has 0 saturated heterocycles. The number of H-pyrrole nitrogens is 1. The average molecular weight is 416 g/mol. The predicted octanol–water partition coefficient (Wildman–Crippen LogP) is 1.17. The topological polar surface area (TPSA) is 128 Å². The second-order valence-electron chi connectivity index (χ2n) is 6.77. The Hall–Kier alpha value is -2.95. The second-order valence-corrected chi connectivity index (χ2v) is 8.31. The number of hydrogen-bond donors (Lipinski definition) is 2. The van der Waals surface area contributed by atoms with E-state index < -0.39 is 10.2 Å². The van der Waals surface area contributed by atoms with Gasteiger partial charge in [-0.05, 0) is 35.7 Å². The molecule has 0 saturated carbocycles. The van der Waals surface area contributed by atoms with Crippen LogP contribution in [0.25, 0.3) is 22.0 Å². The van der Waals surface area contributed by atoms with Crippen molar-refractivity contribution < 1.29 is 17.9 Å². The van der Waals surface area contributed by atoms with Crippen molar-refractivity contribution in [3.63, 3.8) is 0 Å². The zero-order valence-electron chi connectivity index (χ0n) is 15.9. The Morgan fingerprint density at radius 3 is 2.41 bits per heavy atom. The number of hydrogen-bond acceptors (Lipinski definition) is 6. The van der Waals surface area contributed by atoms with Crippen molar-refractivity contribution in [3.05, 3.63) is 51.8 Å². The number of benzene rings is 2. The molecule has 1 aromatic heterocycles. The second kappa shape index (κ2) is 7.14. The lowest BCUT2D eigenvalue weighted by Crippen LogP contribution is -2.40. The summed E-state index contributed by atoms with van der Waals surface area (Å²) in [4.78, 5) is 12.3. The average Bonchev–Trinajstić information content (AvgIpc) is 2.71. The molecular weight excluding hydrogens is 396 g/mol. The van der Waals surface area contributed by atoms with Crippen LogP contribution < -0.4 is 20.2 Å². The van der Waals surface area contributed by atoms with Crippen LogP contribution in [0, 0.1) is 0 Å². The molecule has 1 aliphatic heterocycles. The van der Waals surface area contributed by atoms with Crippen LogP contribution in [0.4, 0.5) is 0 Å². The van der Waals surface area contributed by atoms with E-state index in [0.29, 0.717) is 40.9 Å². The standard InChI is InChI=1S/C19H20N4O5S/c1-27-16-8-14-15(9-17(16)28-2)19(24)22-21-18(14)12-4-3-11-5-6-23(29(20,25)26)10-13(11)7-12/h3-4,7-9H,5-6,10H2,1-2H3,(H,22,24)(H2,20,25,26). The number of aromatic amines is 1. The summed E-state index contributed by atoms with van der Waals surface area (Å²) in [6.07, 6.45) is 0.580. The molecule has 3 N–H and O–H groups in total. The summed E-state index contributed by atoms with van der Waals surface area (Å²) < 4.78 is 35.3. The molecule has 2 heterocycles. The molecule has 29 heavy (non-hydrogen) atoms. The van der Waals surface area contributed by atoms with Gasteiger partial charge < -0.3 is 9.47 Å². The zero-order chi connectivity index (χ0) is 20.8. The van der Waals surface area contributed by atoms with Crippen LogP contribution in [-0.2, 0) is 23.2 Å². The molecule has 152 valence electrons. The van der Waals surface area contributed by atoms with Gasteiger partial charge in [0.2, 0.25) is 0 Å². The number of fused-ring (bicyclic) bond motifs is 2. The van der Waals surface area contributed by atoms with Crippen molar-refractivity contribution in [2.75, 3.05) is 20.8 Å². The maximum absolute atomic E-state index is 12.3. The first kappa shape index (κ1) is 19.4. The lowest BCUT2D eigenvalue weighted by Gasteiger charge is -2.26. The highest BCUT2D eigenvalue weighted by Crippen LogP contribution is 2.35. The summed E-state index contributed by atoms with van der Waals surface area (Å²) in [6.45, 7) is 0.544. The molecule has 1 aliphatic rings. The Labute approximate surface area is 167 Å². The number of ether oxygens (including phenoxy) is 2. The molecular formula is C19H20N4O5S. The van der Waals surface area contributed by atoms with Crippen LogP contribution in [0.15, 0.2) is 35.1 Å². The highest BCUT2D eigenvalue weighted by molar-refractivity contribution is 7.86. The van der Waals surface area contributed by atoms with Crippen LogP contribution in [0.2, 0.25) is 0 Å². The number of aromatic nitrogens is 2. The summed E-state index contributed by atoms with van der Waals surface area (Å²) in [5.41, 5.74) is 2.86. The van der Waals surface area contributed by atoms with Crippen molar-refractivity contribution in [1.29, 1.82) is 0 Å². The largest absolute Gasteiger partial charge is 0.493 e. The van der Waals surface area contributed by atoms with Gasteiger partial charge in [0, 0.05) is 24.0 Å². The minimum atomic E-state index is -3.76. The van der Waals surface area contributed by atoms with Crippen molar-refractivity contribution in [3.8, 4) is 22.8 Å². The van der Waals surface area contributed by atoms with Gasteiger partial charge in [-0.2, -0.15) is 17.8 Å². The fourth-order valence-electron chi connectivity index (χ4n) is 3.61. The first-order valence-electron chi connectivity index (χ1n) is 8.86. The van der Waals surface area contributed by atoms with E-state index in [1.165, 1.54) is 18.5 Å². The van der Waals surface area contributed by atoms with E-state index in [4.69, 9.17) is 14.6 Å². The van der Waals surface area contributed by atoms with Crippen molar-refractivity contribution in [2.45, 2.75) is 13.0 Å². The summed E-state index contributed by atoms with van der Waals surface area (Å²) in [5.74, 6) is 0.920. The van der Waals surface area contributed by atoms with Gasteiger partial charge in [0.25, 0.3) is 15.8 Å². The van der Waals surface area contributed by atoms with Gasteiger partial charge in [-0.1, -0.05) is 12.1 Å². The minimum Gasteiger partial charge on any atom is -0.493 e. The third-order valence-electron chi connectivity index (χ3n) is 5.11. The maximum Gasteiger partial charge on any atom is 0.277 e. The molecule has 10 heteroatoms.